The summed E-state index contributed by atoms with van der Waals surface area (Å²) in [7, 11) is 0. The number of hydrogen-bond acceptors (Lipinski definition) is 3. The fourth-order valence-corrected chi connectivity index (χ4v) is 3.85. The second kappa shape index (κ2) is 11.7. The van der Waals surface area contributed by atoms with Crippen LogP contribution >= 0.6 is 0 Å². The number of ether oxygens (including phenoxy) is 2. The molecule has 5 rings (SSSR count). The summed E-state index contributed by atoms with van der Waals surface area (Å²) >= 11 is 0. The van der Waals surface area contributed by atoms with Crippen molar-refractivity contribution in [1.29, 1.82) is 0 Å². The molecule has 3 heteroatoms. The van der Waals surface area contributed by atoms with E-state index in [1.807, 2.05) is 85.1 Å². The molecule has 0 N–H and O–H groups in total. The van der Waals surface area contributed by atoms with Crippen molar-refractivity contribution in [2.75, 3.05) is 0 Å². The lowest BCUT2D eigenvalue weighted by atomic mass is 10.0. The first-order valence-corrected chi connectivity index (χ1v) is 12.0. The van der Waals surface area contributed by atoms with Gasteiger partial charge in [0.2, 0.25) is 0 Å². The third-order valence-corrected chi connectivity index (χ3v) is 5.78. The molecule has 0 radical (unpaired) electrons. The number of benzene rings is 5. The van der Waals surface area contributed by atoms with Crippen molar-refractivity contribution in [3.8, 4) is 22.6 Å². The quantitative estimate of drug-likeness (QED) is 0.203. The van der Waals surface area contributed by atoms with Gasteiger partial charge >= 0.3 is 0 Å². The molecule has 0 saturated carbocycles. The second-order valence-corrected chi connectivity index (χ2v) is 8.42. The minimum absolute atomic E-state index is 0.483. The molecule has 0 atom stereocenters. The Labute approximate surface area is 212 Å². The fraction of sp³-hybridized carbons (Fsp3) is 0.0606. The van der Waals surface area contributed by atoms with E-state index >= 15 is 0 Å². The number of aliphatic imine (C=N–C) groups is 1. The van der Waals surface area contributed by atoms with Gasteiger partial charge in [-0.3, -0.25) is 4.99 Å². The molecule has 0 aliphatic carbocycles. The standard InChI is InChI=1S/C33H27NO2/c1-4-11-26(12-5-1)24-35-32-18-10-15-28(21-32)29-19-20-30(23-34-31-16-8-3-9-17-31)33(22-29)36-25-27-13-6-2-7-14-27/h1-23H,24-25H2. The predicted molar refractivity (Wildman–Crippen MR) is 147 cm³/mol. The molecule has 5 aromatic rings. The van der Waals surface area contributed by atoms with E-state index in [0.717, 1.165) is 45.0 Å². The SMILES string of the molecule is C(=Nc1ccccc1)c1ccc(-c2cccc(OCc3ccccc3)c2)cc1OCc1ccccc1. The van der Waals surface area contributed by atoms with Gasteiger partial charge in [0.1, 0.15) is 24.7 Å². The zero-order chi connectivity index (χ0) is 24.4. The average molecular weight is 470 g/mol. The third kappa shape index (κ3) is 6.28. The van der Waals surface area contributed by atoms with Gasteiger partial charge in [0.15, 0.2) is 0 Å². The first kappa shape index (κ1) is 23.1. The van der Waals surface area contributed by atoms with Gasteiger partial charge in [-0.15, -0.1) is 0 Å². The fourth-order valence-electron chi connectivity index (χ4n) is 3.85. The topological polar surface area (TPSA) is 30.8 Å². The molecule has 0 saturated heterocycles. The highest BCUT2D eigenvalue weighted by Crippen LogP contribution is 2.30. The molecule has 36 heavy (non-hydrogen) atoms. The third-order valence-electron chi connectivity index (χ3n) is 5.78. The van der Waals surface area contributed by atoms with E-state index in [4.69, 9.17) is 9.47 Å². The minimum atomic E-state index is 0.483. The van der Waals surface area contributed by atoms with Gasteiger partial charge in [-0.25, -0.2) is 0 Å². The van der Waals surface area contributed by atoms with E-state index in [1.54, 1.807) is 0 Å². The Morgan fingerprint density at radius 1 is 0.528 bits per heavy atom. The largest absolute Gasteiger partial charge is 0.489 e. The van der Waals surface area contributed by atoms with Gasteiger partial charge in [-0.1, -0.05) is 97.1 Å². The van der Waals surface area contributed by atoms with Gasteiger partial charge in [0.25, 0.3) is 0 Å². The molecule has 0 bridgehead atoms. The molecular formula is C33H27NO2. The first-order chi connectivity index (χ1) is 17.8. The molecule has 0 spiro atoms. The molecule has 0 heterocycles. The van der Waals surface area contributed by atoms with Crippen LogP contribution < -0.4 is 9.47 Å². The maximum absolute atomic E-state index is 6.29. The van der Waals surface area contributed by atoms with Crippen molar-refractivity contribution in [3.05, 3.63) is 150 Å². The van der Waals surface area contributed by atoms with Gasteiger partial charge < -0.3 is 9.47 Å². The number of nitrogens with zero attached hydrogens (tertiary/aromatic N) is 1. The van der Waals surface area contributed by atoms with E-state index < -0.39 is 0 Å². The summed E-state index contributed by atoms with van der Waals surface area (Å²) in [6.07, 6.45) is 1.86. The maximum atomic E-state index is 6.29. The Morgan fingerprint density at radius 3 is 1.83 bits per heavy atom. The van der Waals surface area contributed by atoms with Crippen molar-refractivity contribution < 1.29 is 9.47 Å². The van der Waals surface area contributed by atoms with Crippen LogP contribution in [0, 0.1) is 0 Å². The van der Waals surface area contributed by atoms with Crippen molar-refractivity contribution in [3.63, 3.8) is 0 Å². The monoisotopic (exact) mass is 469 g/mol. The summed E-state index contributed by atoms with van der Waals surface area (Å²) in [5.74, 6) is 1.62. The number of rotatable bonds is 9. The molecule has 0 aromatic heterocycles. The van der Waals surface area contributed by atoms with Crippen LogP contribution in [0.15, 0.2) is 138 Å². The lowest BCUT2D eigenvalue weighted by Gasteiger charge is -2.13. The van der Waals surface area contributed by atoms with Crippen LogP contribution in [-0.4, -0.2) is 6.21 Å². The molecule has 0 fully saturated rings. The molecule has 3 nitrogen and oxygen atoms in total. The van der Waals surface area contributed by atoms with Crippen LogP contribution in [0.2, 0.25) is 0 Å². The molecule has 0 unspecified atom stereocenters. The van der Waals surface area contributed by atoms with Crippen LogP contribution in [-0.2, 0) is 13.2 Å². The van der Waals surface area contributed by atoms with Crippen molar-refractivity contribution in [1.82, 2.24) is 0 Å². The van der Waals surface area contributed by atoms with Crippen molar-refractivity contribution in [2.24, 2.45) is 4.99 Å². The maximum Gasteiger partial charge on any atom is 0.129 e. The van der Waals surface area contributed by atoms with E-state index in [2.05, 4.69) is 59.6 Å². The van der Waals surface area contributed by atoms with Crippen LogP contribution in [0.4, 0.5) is 5.69 Å². The highest BCUT2D eigenvalue weighted by atomic mass is 16.5. The van der Waals surface area contributed by atoms with Gasteiger partial charge in [0, 0.05) is 11.8 Å². The lowest BCUT2D eigenvalue weighted by Crippen LogP contribution is -1.99. The van der Waals surface area contributed by atoms with Crippen molar-refractivity contribution >= 4 is 11.9 Å². The van der Waals surface area contributed by atoms with Crippen LogP contribution in [0.3, 0.4) is 0 Å². The molecule has 0 aliphatic heterocycles. The van der Waals surface area contributed by atoms with E-state index in [-0.39, 0.29) is 0 Å². The Kier molecular flexibility index (Phi) is 7.50. The summed E-state index contributed by atoms with van der Waals surface area (Å²) in [5, 5.41) is 0. The van der Waals surface area contributed by atoms with E-state index in [1.165, 1.54) is 0 Å². The summed E-state index contributed by atoms with van der Waals surface area (Å²) < 4.78 is 12.3. The lowest BCUT2D eigenvalue weighted by molar-refractivity contribution is 0.305. The Hall–Kier alpha value is -4.63. The zero-order valence-electron chi connectivity index (χ0n) is 20.0. The van der Waals surface area contributed by atoms with E-state index in [9.17, 15) is 0 Å². The highest BCUT2D eigenvalue weighted by molar-refractivity contribution is 5.87. The number of para-hydroxylation sites is 1. The Bertz CT molecular complexity index is 1410. The van der Waals surface area contributed by atoms with Crippen molar-refractivity contribution in [2.45, 2.75) is 13.2 Å². The molecular weight excluding hydrogens is 442 g/mol. The highest BCUT2D eigenvalue weighted by Gasteiger charge is 2.08. The summed E-state index contributed by atoms with van der Waals surface area (Å²) in [4.78, 5) is 4.64. The Balaban J connectivity index is 1.40. The Morgan fingerprint density at radius 2 is 1.14 bits per heavy atom. The smallest absolute Gasteiger partial charge is 0.129 e. The second-order valence-electron chi connectivity index (χ2n) is 8.42. The predicted octanol–water partition coefficient (Wildman–Crippen LogP) is 8.26. The summed E-state index contributed by atoms with van der Waals surface area (Å²) in [6.45, 7) is 1.02. The molecule has 0 aliphatic rings. The van der Waals surface area contributed by atoms with Gasteiger partial charge in [-0.2, -0.15) is 0 Å². The summed E-state index contributed by atoms with van der Waals surface area (Å²) in [6, 6.07) is 44.7. The molecule has 0 amide bonds. The molecule has 5 aromatic carbocycles. The summed E-state index contributed by atoms with van der Waals surface area (Å²) in [5.41, 5.74) is 6.21. The number of hydrogen-bond donors (Lipinski definition) is 0. The van der Waals surface area contributed by atoms with Gasteiger partial charge in [0.05, 0.1) is 5.69 Å². The van der Waals surface area contributed by atoms with Gasteiger partial charge in [-0.05, 0) is 58.7 Å². The van der Waals surface area contributed by atoms with Crippen LogP contribution in [0.25, 0.3) is 11.1 Å². The van der Waals surface area contributed by atoms with Crippen LogP contribution in [0.1, 0.15) is 16.7 Å². The normalized spacial score (nSPS) is 10.9. The minimum Gasteiger partial charge on any atom is -0.489 e. The zero-order valence-corrected chi connectivity index (χ0v) is 20.0. The van der Waals surface area contributed by atoms with E-state index in [0.29, 0.717) is 13.2 Å². The van der Waals surface area contributed by atoms with Crippen LogP contribution in [0.5, 0.6) is 11.5 Å². The average Bonchev–Trinajstić information content (AvgIpc) is 2.96. The first-order valence-electron chi connectivity index (χ1n) is 12.0. The molecule has 176 valence electrons.